The second-order valence-corrected chi connectivity index (χ2v) is 3.82. The Morgan fingerprint density at radius 2 is 2.33 bits per heavy atom. The van der Waals surface area contributed by atoms with Gasteiger partial charge in [0.05, 0.1) is 0 Å². The van der Waals surface area contributed by atoms with E-state index in [1.807, 2.05) is 12.5 Å². The average Bonchev–Trinajstić information content (AvgIpc) is 2.13. The second-order valence-electron chi connectivity index (χ2n) is 1.74. The van der Waals surface area contributed by atoms with Gasteiger partial charge >= 0.3 is 5.69 Å². The fourth-order valence-electron chi connectivity index (χ4n) is 0.454. The third-order valence-corrected chi connectivity index (χ3v) is 1.86. The molecule has 1 aromatic rings. The third-order valence-electron chi connectivity index (χ3n) is 0.836. The fourth-order valence-corrected chi connectivity index (χ4v) is 1.06. The molecule has 0 amide bonds. The quantitative estimate of drug-likeness (QED) is 0.502. The topological polar surface area (TPSA) is 63.6 Å². The molecule has 0 aromatic carbocycles. The Balaban J connectivity index is 3.08. The van der Waals surface area contributed by atoms with Crippen LogP contribution >= 0.6 is 11.1 Å². The van der Waals surface area contributed by atoms with Crippen LogP contribution in [0.25, 0.3) is 0 Å². The number of tetrazole rings is 1. The van der Waals surface area contributed by atoms with Crippen LogP contribution in [0.4, 0.5) is 0 Å². The van der Waals surface area contributed by atoms with Crippen LogP contribution in [-0.4, -0.2) is 32.1 Å². The van der Waals surface area contributed by atoms with E-state index in [1.165, 1.54) is 4.09 Å². The van der Waals surface area contributed by atoms with Crippen LogP contribution in [0.2, 0.25) is 0 Å². The fraction of sp³-hybridized carbons (Fsp3) is 0.667. The van der Waals surface area contributed by atoms with Gasteiger partial charge in [-0.05, 0) is 22.9 Å². The predicted octanol–water partition coefficient (Wildman–Crippen LogP) is -1.01. The van der Waals surface area contributed by atoms with Crippen molar-refractivity contribution in [1.29, 1.82) is 0 Å². The van der Waals surface area contributed by atoms with Crippen molar-refractivity contribution < 1.29 is 0 Å². The Labute approximate surface area is 54.5 Å². The highest BCUT2D eigenvalue weighted by molar-refractivity contribution is 8.14. The van der Waals surface area contributed by atoms with Crippen LogP contribution in [0.5, 0.6) is 0 Å². The summed E-state index contributed by atoms with van der Waals surface area (Å²) in [7, 11) is 0. The normalized spacial score (nSPS) is 11.6. The molecule has 0 unspecified atom stereocenters. The molecule has 9 heavy (non-hydrogen) atoms. The van der Waals surface area contributed by atoms with E-state index in [0.29, 0.717) is 0 Å². The summed E-state index contributed by atoms with van der Waals surface area (Å²) in [6, 6.07) is 0. The minimum absolute atomic E-state index is 0.230. The van der Waals surface area contributed by atoms with E-state index in [1.54, 1.807) is 0 Å². The van der Waals surface area contributed by atoms with Gasteiger partial charge in [0.15, 0.2) is 0 Å². The molecule has 0 spiro atoms. The molecule has 0 saturated carbocycles. The summed E-state index contributed by atoms with van der Waals surface area (Å²) in [5.74, 6) is 0. The molecule has 0 bridgehead atoms. The average molecular weight is 148 g/mol. The molecule has 0 aliphatic carbocycles. The number of nitrogens with one attached hydrogen (secondary N) is 1. The zero-order valence-electron chi connectivity index (χ0n) is 5.20. The largest absolute Gasteiger partial charge is 0.369 e. The lowest BCUT2D eigenvalue weighted by Crippen LogP contribution is -2.15. The third kappa shape index (κ3) is 1.13. The van der Waals surface area contributed by atoms with Gasteiger partial charge in [0.25, 0.3) is 0 Å². The Morgan fingerprint density at radius 1 is 1.67 bits per heavy atom. The molecule has 5 nitrogen and oxygen atoms in total. The monoisotopic (exact) mass is 148 g/mol. The summed E-state index contributed by atoms with van der Waals surface area (Å²) in [4.78, 5) is 10.7. The molecule has 52 valence electrons. The van der Waals surface area contributed by atoms with Crippen LogP contribution in [0, 0.1) is 0 Å². The summed E-state index contributed by atoms with van der Waals surface area (Å²) >= 11 is -0.480. The molecule has 1 rings (SSSR count). The smallest absolute Gasteiger partial charge is 0.244 e. The van der Waals surface area contributed by atoms with Gasteiger partial charge in [0.2, 0.25) is 0 Å². The van der Waals surface area contributed by atoms with Crippen molar-refractivity contribution in [3.05, 3.63) is 10.5 Å². The minimum Gasteiger partial charge on any atom is -0.244 e. The molecule has 0 saturated heterocycles. The van der Waals surface area contributed by atoms with Gasteiger partial charge in [0, 0.05) is 0 Å². The molecule has 0 atom stereocenters. The summed E-state index contributed by atoms with van der Waals surface area (Å²) in [5, 5.41) is 9.09. The molecule has 0 radical (unpaired) electrons. The predicted molar refractivity (Wildman–Crippen MR) is 36.9 cm³/mol. The Morgan fingerprint density at radius 3 is 2.56 bits per heavy atom. The molecule has 1 aromatic heterocycles. The van der Waals surface area contributed by atoms with Crippen LogP contribution in [-0.2, 0) is 0 Å². The van der Waals surface area contributed by atoms with Gasteiger partial charge in [-0.2, -0.15) is 15.2 Å². The number of hydrogen-bond acceptors (Lipinski definition) is 3. The maximum atomic E-state index is 10.7. The number of aromatic amines is 1. The first-order valence-electron chi connectivity index (χ1n) is 2.40. The van der Waals surface area contributed by atoms with Gasteiger partial charge < -0.3 is 0 Å². The summed E-state index contributed by atoms with van der Waals surface area (Å²) in [5.41, 5.74) is -0.230. The highest BCUT2D eigenvalue weighted by Gasteiger charge is 1.97. The van der Waals surface area contributed by atoms with Gasteiger partial charge in [0.1, 0.15) is 0 Å². The number of aromatic nitrogens is 4. The van der Waals surface area contributed by atoms with E-state index in [4.69, 9.17) is 0 Å². The van der Waals surface area contributed by atoms with Gasteiger partial charge in [-0.1, -0.05) is 0 Å². The molecule has 1 N–H and O–H groups in total. The van der Waals surface area contributed by atoms with E-state index < -0.39 is 11.1 Å². The van der Waals surface area contributed by atoms with Crippen molar-refractivity contribution in [2.45, 2.75) is 0 Å². The van der Waals surface area contributed by atoms with Gasteiger partial charge in [-0.25, -0.2) is 9.89 Å². The van der Waals surface area contributed by atoms with Crippen LogP contribution in [0.3, 0.4) is 0 Å². The Kier molecular flexibility index (Phi) is 1.56. The number of H-pyrrole nitrogens is 1. The maximum Gasteiger partial charge on any atom is 0.369 e. The molecular weight excluding hydrogens is 140 g/mol. The number of nitrogens with zero attached hydrogens (tertiary/aromatic N) is 3. The molecule has 1 heterocycles. The van der Waals surface area contributed by atoms with E-state index in [0.717, 1.165) is 0 Å². The van der Waals surface area contributed by atoms with E-state index in [2.05, 4.69) is 15.5 Å². The summed E-state index contributed by atoms with van der Waals surface area (Å²) < 4.78 is 1.34. The molecule has 0 aliphatic rings. The first-order valence-corrected chi connectivity index (χ1v) is 4.58. The highest BCUT2D eigenvalue weighted by Crippen LogP contribution is 2.09. The van der Waals surface area contributed by atoms with Crippen LogP contribution in [0.15, 0.2) is 4.79 Å². The van der Waals surface area contributed by atoms with Gasteiger partial charge in [-0.3, -0.25) is 0 Å². The number of hydrogen-bond donors (Lipinski definition) is 2. The van der Waals surface area contributed by atoms with Crippen molar-refractivity contribution >= 4 is 11.1 Å². The van der Waals surface area contributed by atoms with Crippen molar-refractivity contribution in [3.63, 3.8) is 0 Å². The Bertz CT molecular complexity index is 238. The standard InChI is InChI=1S/C3H8N4OS/c1-9(2)7-3(8)4-5-6-7/h9H,1-2H3,(H,4,6,8). The van der Waals surface area contributed by atoms with Crippen LogP contribution in [0.1, 0.15) is 0 Å². The van der Waals surface area contributed by atoms with E-state index in [9.17, 15) is 4.79 Å². The SMILES string of the molecule is C[SH](C)n1nn[nH]c1=O. The van der Waals surface area contributed by atoms with Crippen molar-refractivity contribution in [3.8, 4) is 0 Å². The maximum absolute atomic E-state index is 10.7. The second kappa shape index (κ2) is 2.22. The highest BCUT2D eigenvalue weighted by atomic mass is 32.2. The van der Waals surface area contributed by atoms with E-state index in [-0.39, 0.29) is 5.69 Å². The molecule has 0 aliphatic heterocycles. The zero-order chi connectivity index (χ0) is 6.85. The Hall–Kier alpha value is -0.780. The van der Waals surface area contributed by atoms with Crippen LogP contribution < -0.4 is 5.69 Å². The molecular formula is C3H8N4OS. The van der Waals surface area contributed by atoms with Gasteiger partial charge in [-0.15, -0.1) is 0 Å². The first kappa shape index (κ1) is 6.34. The van der Waals surface area contributed by atoms with E-state index >= 15 is 0 Å². The zero-order valence-corrected chi connectivity index (χ0v) is 6.09. The molecule has 0 fully saturated rings. The summed E-state index contributed by atoms with van der Waals surface area (Å²) in [6.07, 6.45) is 3.86. The first-order chi connectivity index (χ1) is 4.22. The lowest BCUT2D eigenvalue weighted by molar-refractivity contribution is 0.849. The minimum atomic E-state index is -0.480. The van der Waals surface area contributed by atoms with Crippen molar-refractivity contribution in [1.82, 2.24) is 19.6 Å². The number of thiol groups is 1. The summed E-state index contributed by atoms with van der Waals surface area (Å²) in [6.45, 7) is 0. The molecule has 6 heteroatoms. The number of rotatable bonds is 1. The van der Waals surface area contributed by atoms with Crippen molar-refractivity contribution in [2.75, 3.05) is 12.5 Å². The van der Waals surface area contributed by atoms with Crippen molar-refractivity contribution in [2.24, 2.45) is 0 Å². The lowest BCUT2D eigenvalue weighted by atomic mass is 11.4. The lowest BCUT2D eigenvalue weighted by Gasteiger charge is -2.03.